The molecule has 6 aromatic rings. The van der Waals surface area contributed by atoms with Gasteiger partial charge in [-0.05, 0) is 84.1 Å². The molecule has 2 aromatic carbocycles. The maximum Gasteiger partial charge on any atom is 0.419 e. The maximum atomic E-state index is 16.4. The summed E-state index contributed by atoms with van der Waals surface area (Å²) < 4.78 is 57.6. The average molecular weight is 674 g/mol. The Morgan fingerprint density at radius 2 is 1.78 bits per heavy atom. The van der Waals surface area contributed by atoms with Crippen LogP contribution in [-0.4, -0.2) is 65.6 Å². The minimum atomic E-state index is -2.90. The molecule has 0 bridgehead atoms. The van der Waals surface area contributed by atoms with Gasteiger partial charge in [0.05, 0.1) is 40.0 Å². The Bertz CT molecular complexity index is 2240. The fourth-order valence-corrected chi connectivity index (χ4v) is 6.35. The molecule has 0 unspecified atom stereocenters. The van der Waals surface area contributed by atoms with Crippen molar-refractivity contribution in [1.29, 1.82) is 0 Å². The number of carbonyl (C=O) groups is 1. The second kappa shape index (κ2) is 12.3. The number of benzene rings is 2. The van der Waals surface area contributed by atoms with Crippen LogP contribution < -0.4 is 5.69 Å². The van der Waals surface area contributed by atoms with Crippen molar-refractivity contribution in [1.82, 2.24) is 33.8 Å². The lowest BCUT2D eigenvalue weighted by atomic mass is 10.0. The van der Waals surface area contributed by atoms with Crippen LogP contribution in [0.2, 0.25) is 0 Å². The summed E-state index contributed by atoms with van der Waals surface area (Å²) in [6.45, 7) is 6.89. The van der Waals surface area contributed by atoms with Crippen LogP contribution in [0.25, 0.3) is 44.6 Å². The number of para-hydroxylation sites is 1. The number of alkyl halides is 2. The van der Waals surface area contributed by atoms with Crippen LogP contribution in [0.4, 0.5) is 18.0 Å². The lowest BCUT2D eigenvalue weighted by Crippen LogP contribution is -2.36. The van der Waals surface area contributed by atoms with Crippen molar-refractivity contribution in [2.75, 3.05) is 20.1 Å². The van der Waals surface area contributed by atoms with Gasteiger partial charge >= 0.3 is 18.2 Å². The predicted octanol–water partition coefficient (Wildman–Crippen LogP) is 7.04. The number of nitrogens with zero attached hydrogens (tertiary/aromatic N) is 7. The molecule has 0 amide bonds. The molecule has 49 heavy (non-hydrogen) atoms. The first-order chi connectivity index (χ1) is 23.4. The Morgan fingerprint density at radius 3 is 2.45 bits per heavy atom. The first kappa shape index (κ1) is 32.3. The van der Waals surface area contributed by atoms with Crippen LogP contribution in [0.1, 0.15) is 57.7 Å². The summed E-state index contributed by atoms with van der Waals surface area (Å²) in [5, 5.41) is 7.74. The van der Waals surface area contributed by atoms with Gasteiger partial charge < -0.3 is 14.1 Å². The number of pyridine rings is 1. The number of ether oxygens (including phenoxy) is 1. The number of hydrogen-bond donors (Lipinski definition) is 0. The molecule has 0 N–H and O–H groups in total. The summed E-state index contributed by atoms with van der Waals surface area (Å²) in [4.78, 5) is 34.4. The molecule has 254 valence electrons. The summed E-state index contributed by atoms with van der Waals surface area (Å²) in [6.07, 6.45) is -0.707. The molecular formula is C35H34F3N7O4. The van der Waals surface area contributed by atoms with Gasteiger partial charge in [0.25, 0.3) is 5.89 Å². The highest BCUT2D eigenvalue weighted by atomic mass is 19.3. The van der Waals surface area contributed by atoms with Gasteiger partial charge in [-0.2, -0.15) is 8.78 Å². The third-order valence-electron chi connectivity index (χ3n) is 8.69. The van der Waals surface area contributed by atoms with Gasteiger partial charge in [-0.1, -0.05) is 18.2 Å². The molecule has 0 saturated carbocycles. The van der Waals surface area contributed by atoms with Gasteiger partial charge in [0.15, 0.2) is 0 Å². The summed E-state index contributed by atoms with van der Waals surface area (Å²) in [7, 11) is 2.03. The Kier molecular flexibility index (Phi) is 8.13. The largest absolute Gasteiger partial charge is 0.443 e. The van der Waals surface area contributed by atoms with E-state index in [0.29, 0.717) is 33.5 Å². The van der Waals surface area contributed by atoms with E-state index in [-0.39, 0.29) is 29.7 Å². The second-order valence-corrected chi connectivity index (χ2v) is 13.3. The molecule has 5 heterocycles. The molecule has 7 rings (SSSR count). The van der Waals surface area contributed by atoms with Crippen LogP contribution in [0, 0.1) is 5.82 Å². The normalized spacial score (nSPS) is 14.8. The minimum Gasteiger partial charge on any atom is -0.443 e. The fourth-order valence-electron chi connectivity index (χ4n) is 6.35. The molecule has 14 heteroatoms. The monoisotopic (exact) mass is 673 g/mol. The number of fused-ring (bicyclic) bond motifs is 2. The van der Waals surface area contributed by atoms with Gasteiger partial charge in [0.2, 0.25) is 5.89 Å². The third-order valence-corrected chi connectivity index (χ3v) is 8.69. The highest BCUT2D eigenvalue weighted by Gasteiger charge is 2.28. The second-order valence-electron chi connectivity index (χ2n) is 13.3. The van der Waals surface area contributed by atoms with Crippen molar-refractivity contribution in [3.8, 4) is 22.7 Å². The number of hydrogen-bond acceptors (Lipinski definition) is 8. The summed E-state index contributed by atoms with van der Waals surface area (Å²) >= 11 is 0. The maximum absolute atomic E-state index is 16.4. The molecule has 1 aliphatic heterocycles. The number of rotatable bonds is 6. The molecule has 1 aliphatic rings. The Balaban J connectivity index is 1.35. The molecule has 0 atom stereocenters. The van der Waals surface area contributed by atoms with E-state index in [1.807, 2.05) is 19.2 Å². The standard InChI is InChI=1S/C35H34F3N7O4/c1-35(2,3)49-34(47)45-26-8-6-5-7-20(26)15-27(45)24-16-29-28(17-25(24)36)43(33(46)44(29)23-11-13-42(4)14-12-23)19-22-10-9-21(18-39-22)31-40-41-32(48-31)30(37)38/h5-10,15-18,23,30H,11-14,19H2,1-4H3. The van der Waals surface area contributed by atoms with Crippen LogP contribution in [0.3, 0.4) is 0 Å². The quantitative estimate of drug-likeness (QED) is 0.185. The molecule has 1 fully saturated rings. The van der Waals surface area contributed by atoms with Crippen molar-refractivity contribution in [3.63, 3.8) is 0 Å². The zero-order valence-corrected chi connectivity index (χ0v) is 27.4. The molecule has 11 nitrogen and oxygen atoms in total. The lowest BCUT2D eigenvalue weighted by Gasteiger charge is -2.29. The number of aromatic nitrogens is 6. The molecule has 0 radical (unpaired) electrons. The zero-order valence-electron chi connectivity index (χ0n) is 27.4. The van der Waals surface area contributed by atoms with E-state index >= 15 is 4.39 Å². The first-order valence-corrected chi connectivity index (χ1v) is 15.9. The third kappa shape index (κ3) is 6.12. The van der Waals surface area contributed by atoms with E-state index in [9.17, 15) is 18.4 Å². The fraction of sp³-hybridized carbons (Fsp3) is 0.343. The van der Waals surface area contributed by atoms with Gasteiger partial charge in [-0.25, -0.2) is 18.5 Å². The highest BCUT2D eigenvalue weighted by molar-refractivity contribution is 5.97. The Labute approximate surface area is 278 Å². The van der Waals surface area contributed by atoms with E-state index in [4.69, 9.17) is 9.15 Å². The van der Waals surface area contributed by atoms with Crippen LogP contribution in [-0.2, 0) is 11.3 Å². The van der Waals surface area contributed by atoms with E-state index in [1.165, 1.54) is 21.4 Å². The summed E-state index contributed by atoms with van der Waals surface area (Å²) in [5.74, 6) is -1.52. The van der Waals surface area contributed by atoms with Crippen molar-refractivity contribution in [2.24, 2.45) is 0 Å². The summed E-state index contributed by atoms with van der Waals surface area (Å²) in [6, 6.07) is 15.0. The average Bonchev–Trinajstić information content (AvgIpc) is 3.76. The molecular weight excluding hydrogens is 639 g/mol. The number of piperidine rings is 1. The Hall–Kier alpha value is -5.24. The van der Waals surface area contributed by atoms with Gasteiger partial charge in [-0.3, -0.25) is 14.1 Å². The van der Waals surface area contributed by atoms with Crippen LogP contribution in [0.15, 0.2) is 70.0 Å². The molecule has 0 aliphatic carbocycles. The lowest BCUT2D eigenvalue weighted by molar-refractivity contribution is 0.0547. The van der Waals surface area contributed by atoms with E-state index in [2.05, 4.69) is 20.1 Å². The summed E-state index contributed by atoms with van der Waals surface area (Å²) in [5.41, 5.74) is 1.61. The molecule has 0 spiro atoms. The number of likely N-dealkylation sites (tertiary alicyclic amines) is 1. The molecule has 1 saturated heterocycles. The van der Waals surface area contributed by atoms with Crippen molar-refractivity contribution >= 4 is 28.0 Å². The highest BCUT2D eigenvalue weighted by Crippen LogP contribution is 2.35. The number of halogens is 3. The topological polar surface area (TPSA) is 113 Å². The minimum absolute atomic E-state index is 0.0122. The SMILES string of the molecule is CN1CCC(n2c(=O)n(Cc3ccc(-c4nnc(C(F)F)o4)cn3)c3cc(F)c(-c4cc5ccccc5n4C(=O)OC(C)(C)C)cc32)CC1. The van der Waals surface area contributed by atoms with E-state index in [0.717, 1.165) is 31.3 Å². The van der Waals surface area contributed by atoms with Gasteiger partial charge in [-0.15, -0.1) is 10.2 Å². The van der Waals surface area contributed by atoms with Crippen LogP contribution >= 0.6 is 0 Å². The van der Waals surface area contributed by atoms with E-state index in [1.54, 1.807) is 61.7 Å². The van der Waals surface area contributed by atoms with Gasteiger partial charge in [0, 0.05) is 29.3 Å². The number of imidazole rings is 1. The van der Waals surface area contributed by atoms with E-state index < -0.39 is 29.8 Å². The number of carbonyl (C=O) groups excluding carboxylic acids is 1. The zero-order chi connectivity index (χ0) is 34.6. The van der Waals surface area contributed by atoms with Gasteiger partial charge in [0.1, 0.15) is 11.4 Å². The van der Waals surface area contributed by atoms with Crippen molar-refractivity contribution in [2.45, 2.75) is 58.2 Å². The van der Waals surface area contributed by atoms with Crippen LogP contribution in [0.5, 0.6) is 0 Å². The van der Waals surface area contributed by atoms with Crippen molar-refractivity contribution in [3.05, 3.63) is 88.7 Å². The van der Waals surface area contributed by atoms with Crippen molar-refractivity contribution < 1.29 is 27.1 Å². The first-order valence-electron chi connectivity index (χ1n) is 15.9. The molecule has 4 aromatic heterocycles. The smallest absolute Gasteiger partial charge is 0.419 e. The Morgan fingerprint density at radius 1 is 1.02 bits per heavy atom. The predicted molar refractivity (Wildman–Crippen MR) is 176 cm³/mol.